The second-order valence-corrected chi connectivity index (χ2v) is 9.74. The van der Waals surface area contributed by atoms with E-state index in [4.69, 9.17) is 0 Å². The van der Waals surface area contributed by atoms with Gasteiger partial charge in [-0.05, 0) is 37.3 Å². The highest BCUT2D eigenvalue weighted by atomic mass is 19.3. The molecule has 1 unspecified atom stereocenters. The topological polar surface area (TPSA) is 126 Å². The minimum atomic E-state index is -2.74. The number of alkyl halides is 2. The molecule has 0 bridgehead atoms. The summed E-state index contributed by atoms with van der Waals surface area (Å²) in [6.07, 6.45) is 4.50. The van der Waals surface area contributed by atoms with Gasteiger partial charge in [0, 0.05) is 38.2 Å². The van der Waals surface area contributed by atoms with Crippen LogP contribution < -0.4 is 21.5 Å². The van der Waals surface area contributed by atoms with Crippen LogP contribution in [0, 0.1) is 5.92 Å². The first-order valence-electron chi connectivity index (χ1n) is 11.6. The highest BCUT2D eigenvalue weighted by Crippen LogP contribution is 2.55. The molecule has 184 valence electrons. The Hall–Kier alpha value is -3.54. The molecular weight excluding hydrogens is 460 g/mol. The molecule has 3 aromatic rings. The number of carbonyl (C=O) groups is 1. The van der Waals surface area contributed by atoms with Crippen molar-refractivity contribution in [1.82, 2.24) is 24.5 Å². The van der Waals surface area contributed by atoms with E-state index in [1.165, 1.54) is 21.5 Å². The highest BCUT2D eigenvalue weighted by molar-refractivity contribution is 6.00. The summed E-state index contributed by atoms with van der Waals surface area (Å²) in [7, 11) is 1.69. The number of aromatic nitrogens is 4. The molecule has 3 saturated carbocycles. The van der Waals surface area contributed by atoms with Crippen LogP contribution in [0.4, 0.5) is 26.1 Å². The van der Waals surface area contributed by atoms with Crippen molar-refractivity contribution in [1.29, 1.82) is 0 Å². The summed E-state index contributed by atoms with van der Waals surface area (Å²) in [6, 6.07) is 3.94. The van der Waals surface area contributed by atoms with E-state index in [0.29, 0.717) is 12.2 Å². The second kappa shape index (κ2) is 7.48. The minimum absolute atomic E-state index is 0.181. The summed E-state index contributed by atoms with van der Waals surface area (Å²) in [4.78, 5) is 30.5. The van der Waals surface area contributed by atoms with Crippen LogP contribution in [0.3, 0.4) is 0 Å². The van der Waals surface area contributed by atoms with Gasteiger partial charge in [0.15, 0.2) is 5.65 Å². The van der Waals surface area contributed by atoms with E-state index in [0.717, 1.165) is 12.8 Å². The van der Waals surface area contributed by atoms with E-state index in [1.54, 1.807) is 25.2 Å². The number of fused-ring (bicyclic) bond motifs is 2. The third-order valence-electron chi connectivity index (χ3n) is 7.50. The first-order valence-corrected chi connectivity index (χ1v) is 11.6. The number of pyridine rings is 1. The molecule has 35 heavy (non-hydrogen) atoms. The maximum Gasteiger partial charge on any atom is 0.274 e. The van der Waals surface area contributed by atoms with Gasteiger partial charge >= 0.3 is 0 Å². The lowest BCUT2D eigenvalue weighted by Crippen LogP contribution is -2.43. The van der Waals surface area contributed by atoms with Gasteiger partial charge < -0.3 is 25.6 Å². The van der Waals surface area contributed by atoms with Gasteiger partial charge in [-0.3, -0.25) is 9.59 Å². The smallest absolute Gasteiger partial charge is 0.274 e. The Morgan fingerprint density at radius 2 is 2.06 bits per heavy atom. The van der Waals surface area contributed by atoms with E-state index in [9.17, 15) is 23.5 Å². The van der Waals surface area contributed by atoms with Crippen LogP contribution in [0.25, 0.3) is 5.65 Å². The van der Waals surface area contributed by atoms with E-state index < -0.39 is 23.1 Å². The summed E-state index contributed by atoms with van der Waals surface area (Å²) in [6.45, 7) is 0. The number of amides is 1. The first-order chi connectivity index (χ1) is 16.7. The summed E-state index contributed by atoms with van der Waals surface area (Å²) in [5.41, 5.74) is -0.559. The molecule has 0 saturated heterocycles. The molecule has 0 aromatic carbocycles. The Balaban J connectivity index is 1.30. The molecule has 3 atom stereocenters. The number of nitrogens with one attached hydrogen (secondary N) is 3. The Kier molecular flexibility index (Phi) is 4.69. The third kappa shape index (κ3) is 3.54. The Labute approximate surface area is 198 Å². The quantitative estimate of drug-likeness (QED) is 0.422. The average molecular weight is 485 g/mol. The van der Waals surface area contributed by atoms with Crippen molar-refractivity contribution in [3.63, 3.8) is 0 Å². The zero-order valence-corrected chi connectivity index (χ0v) is 19.0. The Morgan fingerprint density at radius 1 is 1.26 bits per heavy atom. The maximum atomic E-state index is 13.3. The van der Waals surface area contributed by atoms with Gasteiger partial charge in [0.25, 0.3) is 17.4 Å². The van der Waals surface area contributed by atoms with Crippen molar-refractivity contribution in [2.75, 3.05) is 17.7 Å². The second-order valence-electron chi connectivity index (χ2n) is 9.74. The maximum absolute atomic E-state index is 13.3. The largest absolute Gasteiger partial charge is 0.387 e. The molecule has 3 heterocycles. The molecule has 6 rings (SSSR count). The molecule has 3 aliphatic rings. The van der Waals surface area contributed by atoms with Gasteiger partial charge in [-0.15, -0.1) is 0 Å². The molecule has 0 radical (unpaired) electrons. The lowest BCUT2D eigenvalue weighted by Gasteiger charge is -2.36. The lowest BCUT2D eigenvalue weighted by atomic mass is 9.88. The number of hydrogen-bond acceptors (Lipinski definition) is 7. The number of halogens is 2. The normalized spacial score (nSPS) is 26.7. The summed E-state index contributed by atoms with van der Waals surface area (Å²) in [5.74, 6) is -2.07. The van der Waals surface area contributed by atoms with E-state index >= 15 is 0 Å². The minimum Gasteiger partial charge on any atom is -0.387 e. The van der Waals surface area contributed by atoms with Crippen LogP contribution in [0.1, 0.15) is 48.5 Å². The summed E-state index contributed by atoms with van der Waals surface area (Å²) in [5, 5.41) is 23.7. The van der Waals surface area contributed by atoms with Gasteiger partial charge in [-0.1, -0.05) is 0 Å². The van der Waals surface area contributed by atoms with Crippen molar-refractivity contribution in [2.24, 2.45) is 5.92 Å². The number of hydrogen-bond donors (Lipinski definition) is 4. The molecular formula is C23H25F2N7O3. The number of rotatable bonds is 6. The predicted molar refractivity (Wildman–Crippen MR) is 123 cm³/mol. The summed E-state index contributed by atoms with van der Waals surface area (Å²) >= 11 is 0. The van der Waals surface area contributed by atoms with Crippen molar-refractivity contribution in [3.8, 4) is 0 Å². The molecule has 12 heteroatoms. The van der Waals surface area contributed by atoms with Gasteiger partial charge in [0.2, 0.25) is 0 Å². The highest BCUT2D eigenvalue weighted by Gasteiger charge is 2.62. The number of carbonyl (C=O) groups excluding carboxylic acids is 1. The zero-order valence-electron chi connectivity index (χ0n) is 19.0. The summed E-state index contributed by atoms with van der Waals surface area (Å²) < 4.78 is 29.4. The predicted octanol–water partition coefficient (Wildman–Crippen LogP) is 2.29. The van der Waals surface area contributed by atoms with E-state index in [-0.39, 0.29) is 53.4 Å². The SMILES string of the molecule is CNc1cc(Nc2cccn(C3CC(F)(F)C3)c2=O)nc2c(C(=O)N[C@H]3CCC4C[C@]43O)cnn12. The van der Waals surface area contributed by atoms with Crippen LogP contribution in [-0.2, 0) is 0 Å². The fourth-order valence-corrected chi connectivity index (χ4v) is 5.39. The monoisotopic (exact) mass is 485 g/mol. The number of aliphatic hydroxyl groups is 1. The van der Waals surface area contributed by atoms with E-state index in [2.05, 4.69) is 26.0 Å². The van der Waals surface area contributed by atoms with Gasteiger partial charge in [0.05, 0.1) is 17.8 Å². The fraction of sp³-hybridized carbons (Fsp3) is 0.478. The van der Waals surface area contributed by atoms with Gasteiger partial charge in [-0.25, -0.2) is 13.8 Å². The van der Waals surface area contributed by atoms with Crippen LogP contribution in [0.5, 0.6) is 0 Å². The van der Waals surface area contributed by atoms with Crippen molar-refractivity contribution in [3.05, 3.63) is 46.5 Å². The lowest BCUT2D eigenvalue weighted by molar-refractivity contribution is -0.104. The van der Waals surface area contributed by atoms with Crippen LogP contribution in [0.2, 0.25) is 0 Å². The molecule has 3 fully saturated rings. The standard InChI is InChI=1S/C23H25F2N7O3/c1-26-18-7-17(28-15-3-2-6-31(21(15)34)13-9-22(24,25)10-13)30-19-14(11-27-32(18)19)20(33)29-16-5-4-12-8-23(12,16)35/h2-3,6-7,11-13,16,26,35H,4-5,8-10H2,1H3,(H,28,30)(H,29,33)/t12?,16-,23-/m0/s1. The van der Waals surface area contributed by atoms with Crippen molar-refractivity contribution < 1.29 is 18.7 Å². The van der Waals surface area contributed by atoms with Gasteiger partial charge in [0.1, 0.15) is 22.9 Å². The molecule has 4 N–H and O–H groups in total. The van der Waals surface area contributed by atoms with Gasteiger partial charge in [-0.2, -0.15) is 9.61 Å². The molecule has 10 nitrogen and oxygen atoms in total. The molecule has 1 amide bonds. The number of nitrogens with zero attached hydrogens (tertiary/aromatic N) is 4. The zero-order chi connectivity index (χ0) is 24.5. The fourth-order valence-electron chi connectivity index (χ4n) is 5.39. The molecule has 0 spiro atoms. The van der Waals surface area contributed by atoms with Crippen LogP contribution in [-0.4, -0.2) is 54.8 Å². The third-order valence-corrected chi connectivity index (χ3v) is 7.50. The Morgan fingerprint density at radius 3 is 2.71 bits per heavy atom. The van der Waals surface area contributed by atoms with Crippen molar-refractivity contribution >= 4 is 28.9 Å². The van der Waals surface area contributed by atoms with Crippen LogP contribution >= 0.6 is 0 Å². The average Bonchev–Trinajstić information content (AvgIpc) is 3.13. The van der Waals surface area contributed by atoms with Crippen LogP contribution in [0.15, 0.2) is 35.4 Å². The Bertz CT molecular complexity index is 1390. The first kappa shape index (κ1) is 22.0. The molecule has 3 aliphatic carbocycles. The van der Waals surface area contributed by atoms with Crippen molar-refractivity contribution in [2.45, 2.75) is 55.7 Å². The number of anilines is 3. The molecule has 3 aromatic heterocycles. The van der Waals surface area contributed by atoms with E-state index in [1.807, 2.05) is 0 Å². The molecule has 0 aliphatic heterocycles.